The third kappa shape index (κ3) is 6.38. The number of hydrogen-bond acceptors (Lipinski definition) is 2. The van der Waals surface area contributed by atoms with Gasteiger partial charge < -0.3 is 14.4 Å². The summed E-state index contributed by atoms with van der Waals surface area (Å²) in [7, 11) is 0. The molecular weight excluding hydrogens is 763 g/mol. The van der Waals surface area contributed by atoms with E-state index in [1.807, 2.05) is 0 Å². The summed E-state index contributed by atoms with van der Waals surface area (Å²) in [5, 5.41) is 2.37. The standard InChI is InChI=1S/C60H41N3/c1-5-18-42(19-6-1)46-26-13-29-50(36-46)61-53-39-49(45-24-11-4-12-25-45)40-54(41-53)62(51-30-14-27-47(37-51)43-20-7-2-8-21-43)56-33-17-35-58-60(56)59-55(61)32-16-34-57(59)63(58)52-31-15-28-48(38-52)44-22-9-3-10-23-44/h1-41H. The normalized spacial score (nSPS) is 12.1. The van der Waals surface area contributed by atoms with E-state index in [-0.39, 0.29) is 0 Å². The highest BCUT2D eigenvalue weighted by molar-refractivity contribution is 6.22. The third-order valence-electron chi connectivity index (χ3n) is 12.4. The molecule has 0 amide bonds. The van der Waals surface area contributed by atoms with E-state index < -0.39 is 0 Å². The van der Waals surface area contributed by atoms with Gasteiger partial charge in [-0.15, -0.1) is 0 Å². The van der Waals surface area contributed by atoms with Crippen LogP contribution in [0.5, 0.6) is 0 Å². The van der Waals surface area contributed by atoms with Crippen molar-refractivity contribution in [3.8, 4) is 50.2 Å². The van der Waals surface area contributed by atoms with Crippen molar-refractivity contribution < 1.29 is 0 Å². The van der Waals surface area contributed by atoms with Gasteiger partial charge in [0.1, 0.15) is 0 Å². The van der Waals surface area contributed by atoms with Crippen LogP contribution in [0.15, 0.2) is 249 Å². The fourth-order valence-corrected chi connectivity index (χ4v) is 9.59. The topological polar surface area (TPSA) is 11.4 Å². The van der Waals surface area contributed by atoms with Crippen molar-refractivity contribution in [2.24, 2.45) is 0 Å². The third-order valence-corrected chi connectivity index (χ3v) is 12.4. The molecule has 63 heavy (non-hydrogen) atoms. The van der Waals surface area contributed by atoms with Gasteiger partial charge in [0.15, 0.2) is 0 Å². The molecular formula is C60H41N3. The van der Waals surface area contributed by atoms with E-state index >= 15 is 0 Å². The lowest BCUT2D eigenvalue weighted by Crippen LogP contribution is -2.13. The van der Waals surface area contributed by atoms with Crippen LogP contribution in [-0.4, -0.2) is 4.57 Å². The summed E-state index contributed by atoms with van der Waals surface area (Å²) in [6.07, 6.45) is 0. The first-order chi connectivity index (χ1) is 31.2. The fourth-order valence-electron chi connectivity index (χ4n) is 9.59. The van der Waals surface area contributed by atoms with Crippen LogP contribution in [0, 0.1) is 0 Å². The molecule has 3 heteroatoms. The second-order valence-corrected chi connectivity index (χ2v) is 16.2. The molecule has 0 unspecified atom stereocenters. The van der Waals surface area contributed by atoms with Crippen LogP contribution in [0.3, 0.4) is 0 Å². The number of benzene rings is 10. The molecule has 1 aliphatic rings. The summed E-state index contributed by atoms with van der Waals surface area (Å²) < 4.78 is 2.46. The molecule has 296 valence electrons. The number of fused-ring (bicyclic) bond motifs is 2. The van der Waals surface area contributed by atoms with Crippen LogP contribution in [0.4, 0.5) is 34.1 Å². The molecule has 1 aromatic heterocycles. The summed E-state index contributed by atoms with van der Waals surface area (Å²) in [6, 6.07) is 90.5. The number of rotatable bonds is 7. The van der Waals surface area contributed by atoms with Crippen molar-refractivity contribution in [1.29, 1.82) is 0 Å². The fraction of sp³-hybridized carbons (Fsp3) is 0. The molecule has 11 aromatic rings. The Morgan fingerprint density at radius 3 is 0.937 bits per heavy atom. The molecule has 12 rings (SSSR count). The largest absolute Gasteiger partial charge is 0.310 e. The highest BCUT2D eigenvalue weighted by atomic mass is 15.2. The minimum atomic E-state index is 1.08. The van der Waals surface area contributed by atoms with Gasteiger partial charge in [0, 0.05) is 39.2 Å². The molecule has 1 aliphatic heterocycles. The molecule has 0 saturated carbocycles. The SMILES string of the molecule is c1ccc(-c2cccc(N3c4cc(-c5ccccc5)cc(c4)N(c4cccc(-c5ccccc5)c4)c4cccc5c4c4c3cccc4n5-c3cccc(-c4ccccc4)c3)c2)cc1. The Kier molecular flexibility index (Phi) is 8.83. The number of hydrogen-bond donors (Lipinski definition) is 0. The molecule has 0 aliphatic carbocycles. The summed E-state index contributed by atoms with van der Waals surface area (Å²) in [5.74, 6) is 0. The predicted molar refractivity (Wildman–Crippen MR) is 265 cm³/mol. The van der Waals surface area contributed by atoms with Crippen molar-refractivity contribution in [2.45, 2.75) is 0 Å². The monoisotopic (exact) mass is 803 g/mol. The minimum Gasteiger partial charge on any atom is -0.310 e. The molecule has 2 bridgehead atoms. The zero-order valence-corrected chi connectivity index (χ0v) is 34.5. The first-order valence-electron chi connectivity index (χ1n) is 21.6. The maximum Gasteiger partial charge on any atom is 0.0563 e. The molecule has 2 heterocycles. The summed E-state index contributed by atoms with van der Waals surface area (Å²) in [6.45, 7) is 0. The zero-order chi connectivity index (χ0) is 41.7. The Morgan fingerprint density at radius 2 is 0.524 bits per heavy atom. The van der Waals surface area contributed by atoms with Crippen molar-refractivity contribution in [3.05, 3.63) is 249 Å². The van der Waals surface area contributed by atoms with Crippen LogP contribution in [0.25, 0.3) is 72.0 Å². The second kappa shape index (κ2) is 15.3. The van der Waals surface area contributed by atoms with E-state index in [0.29, 0.717) is 0 Å². The van der Waals surface area contributed by atoms with Gasteiger partial charge >= 0.3 is 0 Å². The van der Waals surface area contributed by atoms with Gasteiger partial charge in [0.2, 0.25) is 0 Å². The number of aromatic nitrogens is 1. The molecule has 0 atom stereocenters. The van der Waals surface area contributed by atoms with Crippen LogP contribution < -0.4 is 9.80 Å². The van der Waals surface area contributed by atoms with E-state index in [4.69, 9.17) is 0 Å². The predicted octanol–water partition coefficient (Wildman–Crippen LogP) is 16.7. The maximum atomic E-state index is 2.48. The van der Waals surface area contributed by atoms with Crippen molar-refractivity contribution in [1.82, 2.24) is 4.57 Å². The van der Waals surface area contributed by atoms with E-state index in [0.717, 1.165) is 62.0 Å². The van der Waals surface area contributed by atoms with Gasteiger partial charge in [-0.1, -0.05) is 170 Å². The smallest absolute Gasteiger partial charge is 0.0563 e. The van der Waals surface area contributed by atoms with Crippen LogP contribution >= 0.6 is 0 Å². The lowest BCUT2D eigenvalue weighted by Gasteiger charge is -2.30. The van der Waals surface area contributed by atoms with Gasteiger partial charge in [0.25, 0.3) is 0 Å². The Hall–Kier alpha value is -8.40. The Bertz CT molecular complexity index is 3280. The Balaban J connectivity index is 1.20. The minimum absolute atomic E-state index is 1.08. The van der Waals surface area contributed by atoms with Crippen LogP contribution in [0.1, 0.15) is 0 Å². The summed E-state index contributed by atoms with van der Waals surface area (Å²) >= 11 is 0. The first-order valence-corrected chi connectivity index (χ1v) is 21.6. The Morgan fingerprint density at radius 1 is 0.206 bits per heavy atom. The quantitative estimate of drug-likeness (QED) is 0.159. The van der Waals surface area contributed by atoms with E-state index in [1.165, 1.54) is 44.2 Å². The molecule has 0 radical (unpaired) electrons. The number of anilines is 6. The molecule has 3 nitrogen and oxygen atoms in total. The average Bonchev–Trinajstić information content (AvgIpc) is 3.72. The molecule has 0 spiro atoms. The maximum absolute atomic E-state index is 2.48. The van der Waals surface area contributed by atoms with Crippen LogP contribution in [0.2, 0.25) is 0 Å². The summed E-state index contributed by atoms with van der Waals surface area (Å²) in [4.78, 5) is 4.96. The zero-order valence-electron chi connectivity index (χ0n) is 34.5. The van der Waals surface area contributed by atoms with E-state index in [1.54, 1.807) is 0 Å². The molecule has 0 N–H and O–H groups in total. The van der Waals surface area contributed by atoms with Crippen molar-refractivity contribution in [2.75, 3.05) is 9.80 Å². The van der Waals surface area contributed by atoms with Crippen molar-refractivity contribution in [3.63, 3.8) is 0 Å². The lowest BCUT2D eigenvalue weighted by atomic mass is 10.0. The highest BCUT2D eigenvalue weighted by Gasteiger charge is 2.29. The highest BCUT2D eigenvalue weighted by Crippen LogP contribution is 2.52. The average molecular weight is 804 g/mol. The van der Waals surface area contributed by atoms with Crippen molar-refractivity contribution >= 4 is 55.9 Å². The van der Waals surface area contributed by atoms with Gasteiger partial charge in [-0.3, -0.25) is 0 Å². The molecule has 0 fully saturated rings. The molecule has 0 saturated heterocycles. The van der Waals surface area contributed by atoms with Gasteiger partial charge in [0.05, 0.1) is 22.4 Å². The van der Waals surface area contributed by atoms with Gasteiger partial charge in [-0.05, 0) is 123 Å². The van der Waals surface area contributed by atoms with E-state index in [9.17, 15) is 0 Å². The molecule has 10 aromatic carbocycles. The second-order valence-electron chi connectivity index (χ2n) is 16.2. The van der Waals surface area contributed by atoms with E-state index in [2.05, 4.69) is 263 Å². The van der Waals surface area contributed by atoms with Gasteiger partial charge in [-0.2, -0.15) is 0 Å². The van der Waals surface area contributed by atoms with Gasteiger partial charge in [-0.25, -0.2) is 0 Å². The Labute approximate surface area is 367 Å². The van der Waals surface area contributed by atoms with Crippen LogP contribution in [-0.2, 0) is 0 Å². The number of nitrogens with zero attached hydrogens (tertiary/aromatic N) is 3. The first kappa shape index (κ1) is 36.5. The lowest BCUT2D eigenvalue weighted by molar-refractivity contribution is 1.18. The summed E-state index contributed by atoms with van der Waals surface area (Å²) in [5.41, 5.74) is 19.3.